The number of esters is 1. The Bertz CT molecular complexity index is 741. The third kappa shape index (κ3) is 2.04. The number of benzene rings is 1. The van der Waals surface area contributed by atoms with Crippen LogP contribution in [0.3, 0.4) is 0 Å². The fraction of sp³-hybridized carbons (Fsp3) is 0.474. The molecule has 4 atom stereocenters. The van der Waals surface area contributed by atoms with Crippen LogP contribution >= 0.6 is 0 Å². The average molecular weight is 327 g/mol. The van der Waals surface area contributed by atoms with Crippen LogP contribution in [0, 0.1) is 18.8 Å². The lowest BCUT2D eigenvalue weighted by Crippen LogP contribution is -2.40. The molecule has 2 bridgehead atoms. The van der Waals surface area contributed by atoms with Crippen molar-refractivity contribution in [3.63, 3.8) is 0 Å². The zero-order chi connectivity index (χ0) is 17.1. The van der Waals surface area contributed by atoms with E-state index >= 15 is 0 Å². The predicted octanol–water partition coefficient (Wildman–Crippen LogP) is 2.23. The van der Waals surface area contributed by atoms with Crippen LogP contribution in [0.25, 0.3) is 0 Å². The van der Waals surface area contributed by atoms with Gasteiger partial charge in [-0.3, -0.25) is 9.59 Å². The third-order valence-corrected chi connectivity index (χ3v) is 5.13. The Hall–Kier alpha value is -2.14. The van der Waals surface area contributed by atoms with E-state index in [9.17, 15) is 9.59 Å². The van der Waals surface area contributed by atoms with Crippen LogP contribution in [0.2, 0.25) is 0 Å². The van der Waals surface area contributed by atoms with Crippen LogP contribution in [0.15, 0.2) is 36.4 Å². The highest BCUT2D eigenvalue weighted by atomic mass is 16.6. The smallest absolute Gasteiger partial charge is 0.313 e. The molecule has 1 aromatic carbocycles. The molecule has 4 rings (SSSR count). The Morgan fingerprint density at radius 2 is 2.12 bits per heavy atom. The van der Waals surface area contributed by atoms with Crippen molar-refractivity contribution < 1.29 is 19.1 Å². The maximum atomic E-state index is 13.1. The average Bonchev–Trinajstić information content (AvgIpc) is 3.15. The lowest BCUT2D eigenvalue weighted by Gasteiger charge is -2.23. The molecule has 1 amide bonds. The van der Waals surface area contributed by atoms with Gasteiger partial charge in [-0.2, -0.15) is 0 Å². The summed E-state index contributed by atoms with van der Waals surface area (Å²) in [6.45, 7) is 6.05. The summed E-state index contributed by atoms with van der Waals surface area (Å²) in [5, 5.41) is 0. The highest BCUT2D eigenvalue weighted by molar-refractivity contribution is 6.03. The van der Waals surface area contributed by atoms with Crippen molar-refractivity contribution in [3.8, 4) is 0 Å². The van der Waals surface area contributed by atoms with Crippen molar-refractivity contribution in [1.29, 1.82) is 0 Å². The van der Waals surface area contributed by atoms with E-state index in [0.717, 1.165) is 11.3 Å². The molecule has 0 unspecified atom stereocenters. The molecule has 1 spiro atoms. The summed E-state index contributed by atoms with van der Waals surface area (Å²) in [6.07, 6.45) is 3.29. The van der Waals surface area contributed by atoms with Gasteiger partial charge in [0, 0.05) is 5.69 Å². The largest absolute Gasteiger partial charge is 0.463 e. The molecule has 3 heterocycles. The van der Waals surface area contributed by atoms with Crippen LogP contribution in [0.4, 0.5) is 5.69 Å². The van der Waals surface area contributed by atoms with Crippen LogP contribution in [-0.4, -0.2) is 36.2 Å². The maximum absolute atomic E-state index is 13.1. The molecule has 0 radical (unpaired) electrons. The number of carbonyl (C=O) groups is 2. The van der Waals surface area contributed by atoms with Gasteiger partial charge in [-0.05, 0) is 32.4 Å². The molecule has 0 aliphatic carbocycles. The Morgan fingerprint density at radius 1 is 1.38 bits per heavy atom. The minimum atomic E-state index is -0.704. The van der Waals surface area contributed by atoms with Gasteiger partial charge < -0.3 is 14.4 Å². The van der Waals surface area contributed by atoms with Gasteiger partial charge in [0.25, 0.3) is 0 Å². The number of aryl methyl sites for hydroxylation is 1. The number of amides is 1. The van der Waals surface area contributed by atoms with Crippen molar-refractivity contribution >= 4 is 17.6 Å². The molecule has 126 valence electrons. The van der Waals surface area contributed by atoms with Crippen molar-refractivity contribution in [2.24, 2.45) is 11.8 Å². The van der Waals surface area contributed by atoms with Crippen LogP contribution in [0.1, 0.15) is 19.4 Å². The first-order valence-electron chi connectivity index (χ1n) is 8.37. The molecule has 0 N–H and O–H groups in total. The Balaban J connectivity index is 1.69. The van der Waals surface area contributed by atoms with Gasteiger partial charge in [-0.25, -0.2) is 0 Å². The van der Waals surface area contributed by atoms with E-state index in [0.29, 0.717) is 6.54 Å². The minimum Gasteiger partial charge on any atom is -0.463 e. The van der Waals surface area contributed by atoms with E-state index in [2.05, 4.69) is 0 Å². The number of hydrogen-bond acceptors (Lipinski definition) is 4. The maximum Gasteiger partial charge on any atom is 0.313 e. The molecular weight excluding hydrogens is 306 g/mol. The molecule has 2 saturated heterocycles. The standard InChI is InChI=1S/C19H21NO4/c1-11(2)23-18(22)15-14-8-9-19(24-14)10-20(17(21)16(15)19)13-7-5-4-6-12(13)3/h4-9,11,14-16H,10H2,1-3H3/t14-,15+,16+,19+/m0/s1. The zero-order valence-corrected chi connectivity index (χ0v) is 14.1. The van der Waals surface area contributed by atoms with E-state index in [1.807, 2.05) is 57.2 Å². The number of ether oxygens (including phenoxy) is 2. The van der Waals surface area contributed by atoms with Crippen LogP contribution < -0.4 is 4.90 Å². The first-order chi connectivity index (χ1) is 11.4. The van der Waals surface area contributed by atoms with Crippen molar-refractivity contribution in [3.05, 3.63) is 42.0 Å². The number of anilines is 1. The van der Waals surface area contributed by atoms with Gasteiger partial charge in [-0.1, -0.05) is 30.4 Å². The number of fused-ring (bicyclic) bond motifs is 1. The summed E-state index contributed by atoms with van der Waals surface area (Å²) in [6, 6.07) is 7.78. The summed E-state index contributed by atoms with van der Waals surface area (Å²) in [4.78, 5) is 27.4. The minimum absolute atomic E-state index is 0.0538. The number of carbonyl (C=O) groups excluding carboxylic acids is 2. The highest BCUT2D eigenvalue weighted by Crippen LogP contribution is 2.53. The zero-order valence-electron chi connectivity index (χ0n) is 14.1. The molecule has 5 heteroatoms. The van der Waals surface area contributed by atoms with Crippen molar-refractivity contribution in [2.45, 2.75) is 38.6 Å². The molecule has 1 aromatic rings. The second-order valence-electron chi connectivity index (χ2n) is 7.10. The molecule has 3 aliphatic rings. The number of para-hydroxylation sites is 1. The van der Waals surface area contributed by atoms with E-state index in [1.54, 1.807) is 4.90 Å². The summed E-state index contributed by atoms with van der Waals surface area (Å²) in [5.74, 6) is -1.45. The molecule has 2 fully saturated rings. The first kappa shape index (κ1) is 15.4. The van der Waals surface area contributed by atoms with Gasteiger partial charge >= 0.3 is 5.97 Å². The normalized spacial score (nSPS) is 33.4. The monoisotopic (exact) mass is 327 g/mol. The second-order valence-corrected chi connectivity index (χ2v) is 7.10. The molecular formula is C19H21NO4. The number of hydrogen-bond donors (Lipinski definition) is 0. The predicted molar refractivity (Wildman–Crippen MR) is 88.5 cm³/mol. The van der Waals surface area contributed by atoms with E-state index in [-0.39, 0.29) is 24.1 Å². The summed E-state index contributed by atoms with van der Waals surface area (Å²) in [5.41, 5.74) is 1.20. The molecule has 5 nitrogen and oxygen atoms in total. The molecule has 0 aromatic heterocycles. The lowest BCUT2D eigenvalue weighted by molar-refractivity contribution is -0.156. The van der Waals surface area contributed by atoms with Crippen molar-refractivity contribution in [2.75, 3.05) is 11.4 Å². The van der Waals surface area contributed by atoms with E-state index in [4.69, 9.17) is 9.47 Å². The third-order valence-electron chi connectivity index (χ3n) is 5.13. The van der Waals surface area contributed by atoms with E-state index < -0.39 is 17.4 Å². The quantitative estimate of drug-likeness (QED) is 0.631. The molecule has 24 heavy (non-hydrogen) atoms. The SMILES string of the molecule is Cc1ccccc1N1C[C@@]23C=C[C@H](O2)[C@@H](C(=O)OC(C)C)[C@@H]3C1=O. The van der Waals surface area contributed by atoms with Crippen molar-refractivity contribution in [1.82, 2.24) is 0 Å². The first-order valence-corrected chi connectivity index (χ1v) is 8.37. The van der Waals surface area contributed by atoms with Gasteiger partial charge in [0.15, 0.2) is 0 Å². The summed E-state index contributed by atoms with van der Waals surface area (Å²) < 4.78 is 11.5. The van der Waals surface area contributed by atoms with Gasteiger partial charge in [0.1, 0.15) is 11.5 Å². The highest BCUT2D eigenvalue weighted by Gasteiger charge is 2.67. The Kier molecular flexibility index (Phi) is 3.32. The van der Waals surface area contributed by atoms with Gasteiger partial charge in [0.05, 0.1) is 24.7 Å². The molecule has 0 saturated carbocycles. The van der Waals surface area contributed by atoms with Gasteiger partial charge in [0.2, 0.25) is 5.91 Å². The number of nitrogens with zero attached hydrogens (tertiary/aromatic N) is 1. The summed E-state index contributed by atoms with van der Waals surface area (Å²) >= 11 is 0. The Morgan fingerprint density at radius 3 is 2.83 bits per heavy atom. The van der Waals surface area contributed by atoms with Gasteiger partial charge in [-0.15, -0.1) is 0 Å². The van der Waals surface area contributed by atoms with E-state index in [1.165, 1.54) is 0 Å². The fourth-order valence-electron chi connectivity index (χ4n) is 4.15. The van der Waals surface area contributed by atoms with Crippen LogP contribution in [-0.2, 0) is 19.1 Å². The van der Waals surface area contributed by atoms with Crippen LogP contribution in [0.5, 0.6) is 0 Å². The topological polar surface area (TPSA) is 55.8 Å². The summed E-state index contributed by atoms with van der Waals surface area (Å²) in [7, 11) is 0. The number of rotatable bonds is 3. The lowest BCUT2D eigenvalue weighted by atomic mass is 9.77. The fourth-order valence-corrected chi connectivity index (χ4v) is 4.15. The molecule has 3 aliphatic heterocycles. The Labute approximate surface area is 141 Å². The second kappa shape index (κ2) is 5.18.